The van der Waals surface area contributed by atoms with Crippen LogP contribution < -0.4 is 10.6 Å². The SMILES string of the molecule is CC(NCc1ccc(C(=O)Nc2cc(-c3ccccc3)ccc2O)cc1)c1ccncc1. The molecule has 1 atom stereocenters. The number of hydrogen-bond donors (Lipinski definition) is 3. The minimum Gasteiger partial charge on any atom is -0.506 e. The Morgan fingerprint density at radius 2 is 1.62 bits per heavy atom. The Balaban J connectivity index is 1.40. The first-order chi connectivity index (χ1) is 15.6. The highest BCUT2D eigenvalue weighted by molar-refractivity contribution is 6.05. The number of phenols is 1. The van der Waals surface area contributed by atoms with E-state index >= 15 is 0 Å². The summed E-state index contributed by atoms with van der Waals surface area (Å²) in [6, 6.07) is 26.7. The van der Waals surface area contributed by atoms with Crippen LogP contribution in [0.4, 0.5) is 5.69 Å². The van der Waals surface area contributed by atoms with E-state index in [4.69, 9.17) is 0 Å². The number of amides is 1. The number of carbonyl (C=O) groups is 1. The van der Waals surface area contributed by atoms with Crippen molar-refractivity contribution in [1.82, 2.24) is 10.3 Å². The lowest BCUT2D eigenvalue weighted by molar-refractivity contribution is 0.102. The maximum absolute atomic E-state index is 12.7. The summed E-state index contributed by atoms with van der Waals surface area (Å²) in [6.07, 6.45) is 3.57. The molecule has 0 saturated heterocycles. The minimum absolute atomic E-state index is 0.0314. The molecule has 3 N–H and O–H groups in total. The van der Waals surface area contributed by atoms with Crippen LogP contribution in [0.25, 0.3) is 11.1 Å². The highest BCUT2D eigenvalue weighted by Crippen LogP contribution is 2.30. The fourth-order valence-electron chi connectivity index (χ4n) is 3.46. The molecule has 0 bridgehead atoms. The summed E-state index contributed by atoms with van der Waals surface area (Å²) in [6.45, 7) is 2.79. The van der Waals surface area contributed by atoms with E-state index in [2.05, 4.69) is 22.5 Å². The summed E-state index contributed by atoms with van der Waals surface area (Å²) in [7, 11) is 0. The van der Waals surface area contributed by atoms with Crippen LogP contribution in [0.3, 0.4) is 0 Å². The van der Waals surface area contributed by atoms with Gasteiger partial charge in [-0.05, 0) is 65.6 Å². The number of rotatable bonds is 7. The molecule has 1 amide bonds. The van der Waals surface area contributed by atoms with Crippen LogP contribution in [0.2, 0.25) is 0 Å². The Morgan fingerprint density at radius 1 is 0.906 bits per heavy atom. The van der Waals surface area contributed by atoms with E-state index in [9.17, 15) is 9.90 Å². The van der Waals surface area contributed by atoms with Crippen molar-refractivity contribution in [2.75, 3.05) is 5.32 Å². The van der Waals surface area contributed by atoms with Gasteiger partial charge in [0.1, 0.15) is 5.75 Å². The van der Waals surface area contributed by atoms with Crippen molar-refractivity contribution in [1.29, 1.82) is 0 Å². The van der Waals surface area contributed by atoms with E-state index in [1.54, 1.807) is 36.7 Å². The van der Waals surface area contributed by atoms with E-state index in [1.165, 1.54) is 5.56 Å². The first-order valence-corrected chi connectivity index (χ1v) is 10.5. The second-order valence-electron chi connectivity index (χ2n) is 7.63. The summed E-state index contributed by atoms with van der Waals surface area (Å²) >= 11 is 0. The molecule has 4 aromatic rings. The van der Waals surface area contributed by atoms with E-state index in [-0.39, 0.29) is 17.7 Å². The van der Waals surface area contributed by atoms with E-state index in [0.717, 1.165) is 16.7 Å². The molecule has 0 radical (unpaired) electrons. The van der Waals surface area contributed by atoms with Crippen LogP contribution in [0, 0.1) is 0 Å². The topological polar surface area (TPSA) is 74.2 Å². The molecule has 0 saturated carbocycles. The molecule has 0 aliphatic heterocycles. The third kappa shape index (κ3) is 5.20. The second-order valence-corrected chi connectivity index (χ2v) is 7.63. The molecule has 4 rings (SSSR count). The van der Waals surface area contributed by atoms with E-state index < -0.39 is 0 Å². The molecule has 5 nitrogen and oxygen atoms in total. The molecular formula is C27H25N3O2. The molecule has 5 heteroatoms. The van der Waals surface area contributed by atoms with Crippen molar-refractivity contribution in [3.63, 3.8) is 0 Å². The molecule has 1 unspecified atom stereocenters. The van der Waals surface area contributed by atoms with Gasteiger partial charge < -0.3 is 15.7 Å². The third-order valence-electron chi connectivity index (χ3n) is 5.39. The molecule has 0 fully saturated rings. The summed E-state index contributed by atoms with van der Waals surface area (Å²) in [5, 5.41) is 16.5. The minimum atomic E-state index is -0.268. The first kappa shape index (κ1) is 21.3. The fraction of sp³-hybridized carbons (Fsp3) is 0.111. The Kier molecular flexibility index (Phi) is 6.58. The number of nitrogens with one attached hydrogen (secondary N) is 2. The molecule has 3 aromatic carbocycles. The predicted octanol–water partition coefficient (Wildman–Crippen LogP) is 5.56. The smallest absolute Gasteiger partial charge is 0.255 e. The zero-order valence-corrected chi connectivity index (χ0v) is 17.8. The number of phenolic OH excluding ortho intramolecular Hbond substituents is 1. The highest BCUT2D eigenvalue weighted by atomic mass is 16.3. The molecule has 0 spiro atoms. The summed E-state index contributed by atoms with van der Waals surface area (Å²) in [4.78, 5) is 16.8. The summed E-state index contributed by atoms with van der Waals surface area (Å²) in [5.74, 6) is -0.237. The number of anilines is 1. The first-order valence-electron chi connectivity index (χ1n) is 10.5. The number of nitrogens with zero attached hydrogens (tertiary/aromatic N) is 1. The van der Waals surface area contributed by atoms with Crippen LogP contribution in [0.1, 0.15) is 34.5 Å². The molecule has 160 valence electrons. The molecule has 0 aliphatic rings. The number of carbonyl (C=O) groups excluding carboxylic acids is 1. The van der Waals surface area contributed by atoms with Crippen molar-refractivity contribution in [2.24, 2.45) is 0 Å². The van der Waals surface area contributed by atoms with Gasteiger partial charge >= 0.3 is 0 Å². The van der Waals surface area contributed by atoms with Crippen LogP contribution in [-0.4, -0.2) is 16.0 Å². The lowest BCUT2D eigenvalue weighted by Gasteiger charge is -2.14. The van der Waals surface area contributed by atoms with Gasteiger partial charge in [-0.2, -0.15) is 0 Å². The fourth-order valence-corrected chi connectivity index (χ4v) is 3.46. The van der Waals surface area contributed by atoms with Crippen molar-refractivity contribution in [2.45, 2.75) is 19.5 Å². The monoisotopic (exact) mass is 423 g/mol. The standard InChI is InChI=1S/C27H25N3O2/c1-19(21-13-15-28-16-14-21)29-18-20-7-9-23(10-8-20)27(32)30-25-17-24(11-12-26(25)31)22-5-3-2-4-6-22/h2-17,19,29,31H,18H2,1H3,(H,30,32). The molecule has 0 aliphatic carbocycles. The maximum atomic E-state index is 12.7. The van der Waals surface area contributed by atoms with Gasteiger partial charge in [-0.15, -0.1) is 0 Å². The zero-order chi connectivity index (χ0) is 22.3. The average molecular weight is 424 g/mol. The Morgan fingerprint density at radius 3 is 2.34 bits per heavy atom. The lowest BCUT2D eigenvalue weighted by Crippen LogP contribution is -2.18. The second kappa shape index (κ2) is 9.90. The molecule has 1 aromatic heterocycles. The molecule has 32 heavy (non-hydrogen) atoms. The number of aromatic nitrogens is 1. The van der Waals surface area contributed by atoms with Gasteiger partial charge in [0.05, 0.1) is 5.69 Å². The number of hydrogen-bond acceptors (Lipinski definition) is 4. The van der Waals surface area contributed by atoms with Crippen LogP contribution in [-0.2, 0) is 6.54 Å². The van der Waals surface area contributed by atoms with Gasteiger partial charge in [0.2, 0.25) is 0 Å². The Bertz CT molecular complexity index is 1180. The molecular weight excluding hydrogens is 398 g/mol. The Hall–Kier alpha value is -3.96. The number of pyridine rings is 1. The van der Waals surface area contributed by atoms with Gasteiger partial charge in [0.25, 0.3) is 5.91 Å². The van der Waals surface area contributed by atoms with E-state index in [0.29, 0.717) is 17.8 Å². The van der Waals surface area contributed by atoms with E-state index in [1.807, 2.05) is 60.7 Å². The zero-order valence-electron chi connectivity index (χ0n) is 17.8. The van der Waals surface area contributed by atoms with Crippen LogP contribution in [0.15, 0.2) is 97.3 Å². The predicted molar refractivity (Wildman–Crippen MR) is 127 cm³/mol. The van der Waals surface area contributed by atoms with Gasteiger partial charge in [0, 0.05) is 30.5 Å². The van der Waals surface area contributed by atoms with Gasteiger partial charge in [-0.25, -0.2) is 0 Å². The third-order valence-corrected chi connectivity index (χ3v) is 5.39. The normalized spacial score (nSPS) is 11.7. The van der Waals surface area contributed by atoms with Gasteiger partial charge in [0.15, 0.2) is 0 Å². The average Bonchev–Trinajstić information content (AvgIpc) is 2.85. The van der Waals surface area contributed by atoms with Crippen molar-refractivity contribution in [3.8, 4) is 16.9 Å². The number of benzene rings is 3. The molecule has 1 heterocycles. The van der Waals surface area contributed by atoms with Crippen LogP contribution in [0.5, 0.6) is 5.75 Å². The summed E-state index contributed by atoms with van der Waals surface area (Å²) in [5.41, 5.74) is 5.10. The lowest BCUT2D eigenvalue weighted by atomic mass is 10.0. The quantitative estimate of drug-likeness (QED) is 0.340. The van der Waals surface area contributed by atoms with Gasteiger partial charge in [-0.3, -0.25) is 9.78 Å². The van der Waals surface area contributed by atoms with Gasteiger partial charge in [-0.1, -0.05) is 48.5 Å². The van der Waals surface area contributed by atoms with Crippen molar-refractivity contribution >= 4 is 11.6 Å². The van der Waals surface area contributed by atoms with Crippen molar-refractivity contribution in [3.05, 3.63) is 114 Å². The van der Waals surface area contributed by atoms with Crippen LogP contribution >= 0.6 is 0 Å². The summed E-state index contributed by atoms with van der Waals surface area (Å²) < 4.78 is 0. The largest absolute Gasteiger partial charge is 0.506 e. The number of aromatic hydroxyl groups is 1. The highest BCUT2D eigenvalue weighted by Gasteiger charge is 2.11. The Labute approximate surface area is 187 Å². The maximum Gasteiger partial charge on any atom is 0.255 e. The van der Waals surface area contributed by atoms with Crippen molar-refractivity contribution < 1.29 is 9.90 Å².